The Bertz CT molecular complexity index is 986. The molecule has 2 aromatic carbocycles. The predicted octanol–water partition coefficient (Wildman–Crippen LogP) is 2.69. The molecule has 33 heavy (non-hydrogen) atoms. The van der Waals surface area contributed by atoms with E-state index in [2.05, 4.69) is 5.32 Å². The lowest BCUT2D eigenvalue weighted by Crippen LogP contribution is -2.28. The number of anilines is 1. The molecule has 0 aromatic heterocycles. The molecule has 2 aromatic rings. The van der Waals surface area contributed by atoms with Gasteiger partial charge in [0, 0.05) is 23.9 Å². The minimum absolute atomic E-state index is 0.0171. The summed E-state index contributed by atoms with van der Waals surface area (Å²) in [4.78, 5) is 24.2. The zero-order chi connectivity index (χ0) is 24.1. The van der Waals surface area contributed by atoms with Crippen LogP contribution in [-0.4, -0.2) is 48.2 Å². The number of benzene rings is 2. The van der Waals surface area contributed by atoms with Crippen LogP contribution in [0.1, 0.15) is 24.2 Å². The molecule has 0 saturated heterocycles. The molecule has 174 valence electrons. The number of hydrogen-bond donors (Lipinski definition) is 4. The number of para-hydroxylation sites is 1. The maximum Gasteiger partial charge on any atom is 0.412 e. The van der Waals surface area contributed by atoms with Crippen LogP contribution >= 0.6 is 0 Å². The van der Waals surface area contributed by atoms with Gasteiger partial charge in [-0.2, -0.15) is 5.26 Å². The highest BCUT2D eigenvalue weighted by Gasteiger charge is 2.29. The molecule has 0 spiro atoms. The van der Waals surface area contributed by atoms with Gasteiger partial charge in [-0.3, -0.25) is 15.3 Å². The lowest BCUT2D eigenvalue weighted by molar-refractivity contribution is -0.124. The number of nitrogens with one attached hydrogen (secondary N) is 2. The maximum atomic E-state index is 12.7. The summed E-state index contributed by atoms with van der Waals surface area (Å²) in [7, 11) is 0. The van der Waals surface area contributed by atoms with E-state index in [1.165, 1.54) is 11.6 Å². The van der Waals surface area contributed by atoms with E-state index >= 15 is 0 Å². The van der Waals surface area contributed by atoms with Crippen molar-refractivity contribution in [1.82, 2.24) is 5.48 Å². The van der Waals surface area contributed by atoms with Gasteiger partial charge in [0.1, 0.15) is 18.5 Å². The maximum absolute atomic E-state index is 12.7. The van der Waals surface area contributed by atoms with E-state index in [0.717, 1.165) is 6.08 Å². The zero-order valence-electron chi connectivity index (χ0n) is 17.9. The smallest absolute Gasteiger partial charge is 0.412 e. The van der Waals surface area contributed by atoms with Crippen molar-refractivity contribution in [2.75, 3.05) is 25.1 Å². The second-order valence-corrected chi connectivity index (χ2v) is 6.51. The summed E-state index contributed by atoms with van der Waals surface area (Å²) in [5, 5.41) is 29.4. The molecule has 10 nitrogen and oxygen atoms in total. The number of aliphatic hydroxyl groups is 1. The molecule has 0 aliphatic carbocycles. The fraction of sp³-hybridized carbons (Fsp3) is 0.261. The number of carbonyl (C=O) groups is 2. The molecule has 4 N–H and O–H groups in total. The Morgan fingerprint density at radius 3 is 2.55 bits per heavy atom. The number of rotatable bonds is 11. The summed E-state index contributed by atoms with van der Waals surface area (Å²) >= 11 is 0. The average Bonchev–Trinajstić information content (AvgIpc) is 2.84. The van der Waals surface area contributed by atoms with Crippen molar-refractivity contribution in [2.45, 2.75) is 19.1 Å². The summed E-state index contributed by atoms with van der Waals surface area (Å²) in [6, 6.07) is 14.9. The Morgan fingerprint density at radius 2 is 1.91 bits per heavy atom. The average molecular weight is 455 g/mol. The summed E-state index contributed by atoms with van der Waals surface area (Å²) in [5.74, 6) is -0.433. The van der Waals surface area contributed by atoms with Gasteiger partial charge >= 0.3 is 6.09 Å². The molecular formula is C23H25N3O7. The highest BCUT2D eigenvalue weighted by Crippen LogP contribution is 2.32. The van der Waals surface area contributed by atoms with Gasteiger partial charge in [0.15, 0.2) is 6.10 Å². The van der Waals surface area contributed by atoms with Gasteiger partial charge in [-0.25, -0.2) is 10.3 Å². The third-order valence-corrected chi connectivity index (χ3v) is 4.27. The normalized spacial score (nSPS) is 12.4. The number of ether oxygens (including phenoxy) is 3. The Balaban J connectivity index is 2.36. The SMILES string of the molecule is CCO[C@@H](/C=C/C(=O)NO)[C@@H](OC(=O)Nc1ccc(C#N)cc1)c1ccccc1OCCO. The van der Waals surface area contributed by atoms with Crippen LogP contribution in [-0.2, 0) is 14.3 Å². The van der Waals surface area contributed by atoms with Gasteiger partial charge in [0.05, 0.1) is 18.2 Å². The van der Waals surface area contributed by atoms with Gasteiger partial charge in [-0.05, 0) is 43.3 Å². The number of carbonyl (C=O) groups excluding carboxylic acids is 2. The standard InChI is InChI=1S/C23H25N3O7/c1-2-31-20(11-12-21(28)26-30)22(18-5-3-4-6-19(18)32-14-13-27)33-23(29)25-17-9-7-16(15-24)8-10-17/h3-12,20,22,27,30H,2,13-14H2,1H3,(H,25,29)(H,26,28)/b12-11+/t20-,22-/m0/s1. The van der Waals surface area contributed by atoms with Crippen LogP contribution in [0.2, 0.25) is 0 Å². The van der Waals surface area contributed by atoms with Gasteiger partial charge in [-0.1, -0.05) is 18.2 Å². The Kier molecular flexibility index (Phi) is 10.4. The van der Waals surface area contributed by atoms with Crippen molar-refractivity contribution in [1.29, 1.82) is 5.26 Å². The quantitative estimate of drug-likeness (QED) is 0.229. The van der Waals surface area contributed by atoms with E-state index in [0.29, 0.717) is 22.6 Å². The molecule has 0 aliphatic heterocycles. The number of hydroxylamine groups is 1. The predicted molar refractivity (Wildman–Crippen MR) is 118 cm³/mol. The van der Waals surface area contributed by atoms with Gasteiger partial charge < -0.3 is 19.3 Å². The number of nitriles is 1. The molecule has 0 bridgehead atoms. The van der Waals surface area contributed by atoms with Crippen molar-refractivity contribution in [3.05, 3.63) is 71.8 Å². The van der Waals surface area contributed by atoms with E-state index in [9.17, 15) is 9.59 Å². The van der Waals surface area contributed by atoms with E-state index < -0.39 is 24.2 Å². The zero-order valence-corrected chi connectivity index (χ0v) is 17.9. The molecule has 0 aliphatic rings. The number of aliphatic hydroxyl groups excluding tert-OH is 1. The van der Waals surface area contributed by atoms with Crippen LogP contribution in [0.25, 0.3) is 0 Å². The van der Waals surface area contributed by atoms with Crippen molar-refractivity contribution in [3.63, 3.8) is 0 Å². The fourth-order valence-corrected chi connectivity index (χ4v) is 2.86. The lowest BCUT2D eigenvalue weighted by Gasteiger charge is -2.27. The third-order valence-electron chi connectivity index (χ3n) is 4.27. The molecule has 0 saturated carbocycles. The molecule has 2 amide bonds. The molecule has 10 heteroatoms. The van der Waals surface area contributed by atoms with Crippen LogP contribution in [0.15, 0.2) is 60.7 Å². The van der Waals surface area contributed by atoms with Crippen LogP contribution in [0.5, 0.6) is 5.75 Å². The monoisotopic (exact) mass is 455 g/mol. The Hall–Kier alpha value is -3.91. The minimum atomic E-state index is -1.05. The number of nitrogens with zero attached hydrogens (tertiary/aromatic N) is 1. The lowest BCUT2D eigenvalue weighted by atomic mass is 10.0. The molecule has 0 heterocycles. The second kappa shape index (κ2) is 13.5. The number of hydrogen-bond acceptors (Lipinski definition) is 8. The summed E-state index contributed by atoms with van der Waals surface area (Å²) < 4.78 is 16.9. The highest BCUT2D eigenvalue weighted by atomic mass is 16.6. The topological polar surface area (TPSA) is 150 Å². The van der Waals surface area contributed by atoms with E-state index in [1.807, 2.05) is 6.07 Å². The van der Waals surface area contributed by atoms with Crippen LogP contribution in [0, 0.1) is 11.3 Å². The first-order chi connectivity index (χ1) is 16.0. The molecule has 0 radical (unpaired) electrons. The molecular weight excluding hydrogens is 430 g/mol. The highest BCUT2D eigenvalue weighted by molar-refractivity contribution is 5.86. The van der Waals surface area contributed by atoms with Crippen LogP contribution in [0.3, 0.4) is 0 Å². The molecule has 2 rings (SSSR count). The van der Waals surface area contributed by atoms with Gasteiger partial charge in [-0.15, -0.1) is 0 Å². The van der Waals surface area contributed by atoms with Crippen molar-refractivity contribution < 1.29 is 34.1 Å². The third kappa shape index (κ3) is 7.93. The summed E-state index contributed by atoms with van der Waals surface area (Å²) in [6.07, 6.45) is -0.394. The van der Waals surface area contributed by atoms with Gasteiger partial charge in [0.2, 0.25) is 0 Å². The van der Waals surface area contributed by atoms with Crippen molar-refractivity contribution in [3.8, 4) is 11.8 Å². The molecule has 0 fully saturated rings. The molecule has 0 unspecified atom stereocenters. The van der Waals surface area contributed by atoms with Crippen LogP contribution < -0.4 is 15.5 Å². The van der Waals surface area contributed by atoms with Crippen molar-refractivity contribution in [2.24, 2.45) is 0 Å². The molecule has 2 atom stereocenters. The van der Waals surface area contributed by atoms with E-state index in [-0.39, 0.29) is 19.8 Å². The van der Waals surface area contributed by atoms with Crippen molar-refractivity contribution >= 4 is 17.7 Å². The minimum Gasteiger partial charge on any atom is -0.491 e. The van der Waals surface area contributed by atoms with Gasteiger partial charge in [0.25, 0.3) is 5.91 Å². The largest absolute Gasteiger partial charge is 0.491 e. The Labute approximate surface area is 191 Å². The van der Waals surface area contributed by atoms with E-state index in [4.69, 9.17) is 29.8 Å². The first-order valence-electron chi connectivity index (χ1n) is 10.1. The van der Waals surface area contributed by atoms with E-state index in [1.54, 1.807) is 55.5 Å². The second-order valence-electron chi connectivity index (χ2n) is 6.51. The first-order valence-corrected chi connectivity index (χ1v) is 10.1. The Morgan fingerprint density at radius 1 is 1.18 bits per heavy atom. The van der Waals surface area contributed by atoms with Crippen LogP contribution in [0.4, 0.5) is 10.5 Å². The fourth-order valence-electron chi connectivity index (χ4n) is 2.86. The summed E-state index contributed by atoms with van der Waals surface area (Å²) in [6.45, 7) is 1.76. The first kappa shape index (κ1) is 25.4. The number of amides is 2. The summed E-state index contributed by atoms with van der Waals surface area (Å²) in [5.41, 5.74) is 2.77.